The van der Waals surface area contributed by atoms with Gasteiger partial charge in [0.25, 0.3) is 0 Å². The van der Waals surface area contributed by atoms with Crippen molar-refractivity contribution >= 4 is 27.6 Å². The van der Waals surface area contributed by atoms with Crippen LogP contribution < -0.4 is 4.74 Å². The first-order chi connectivity index (χ1) is 12.3. The molecule has 1 unspecified atom stereocenters. The quantitative estimate of drug-likeness (QED) is 0.407. The van der Waals surface area contributed by atoms with Crippen molar-refractivity contribution < 1.29 is 24.6 Å². The maximum absolute atomic E-state index is 12.3. The highest BCUT2D eigenvalue weighted by atomic mass is 79.9. The van der Waals surface area contributed by atoms with Crippen LogP contribution >= 0.6 is 15.9 Å². The van der Waals surface area contributed by atoms with Crippen LogP contribution in [-0.4, -0.2) is 40.7 Å². The Morgan fingerprint density at radius 3 is 2.35 bits per heavy atom. The smallest absolute Gasteiger partial charge is 0.313 e. The molecule has 7 heteroatoms. The van der Waals surface area contributed by atoms with Gasteiger partial charge in [-0.25, -0.2) is 5.06 Å². The molecule has 0 aliphatic heterocycles. The van der Waals surface area contributed by atoms with E-state index in [4.69, 9.17) is 4.74 Å². The summed E-state index contributed by atoms with van der Waals surface area (Å²) in [6.45, 7) is 2.29. The van der Waals surface area contributed by atoms with Crippen LogP contribution in [0.5, 0.6) is 5.75 Å². The van der Waals surface area contributed by atoms with Crippen LogP contribution in [0.1, 0.15) is 24.5 Å². The predicted molar refractivity (Wildman–Crippen MR) is 98.9 cm³/mol. The summed E-state index contributed by atoms with van der Waals surface area (Å²) in [6.07, 6.45) is -0.525. The summed E-state index contributed by atoms with van der Waals surface area (Å²) < 4.78 is 6.19. The summed E-state index contributed by atoms with van der Waals surface area (Å²) in [5.74, 6) is -1.48. The number of ether oxygens (including phenoxy) is 1. The van der Waals surface area contributed by atoms with Gasteiger partial charge in [0.2, 0.25) is 5.78 Å². The van der Waals surface area contributed by atoms with Gasteiger partial charge in [0.15, 0.2) is 0 Å². The number of carbonyl (C=O) groups is 2. The zero-order valence-corrected chi connectivity index (χ0v) is 16.1. The van der Waals surface area contributed by atoms with Crippen LogP contribution in [0.2, 0.25) is 0 Å². The molecule has 0 fully saturated rings. The van der Waals surface area contributed by atoms with Crippen molar-refractivity contribution in [3.8, 4) is 5.75 Å². The van der Waals surface area contributed by atoms with Crippen LogP contribution in [0, 0.1) is 0 Å². The van der Waals surface area contributed by atoms with Crippen LogP contribution in [0.25, 0.3) is 0 Å². The molecule has 0 saturated heterocycles. The number of likely N-dealkylation sites (N-methyl/N-ethyl adjacent to an activating group) is 1. The van der Waals surface area contributed by atoms with Gasteiger partial charge in [-0.3, -0.25) is 14.8 Å². The van der Waals surface area contributed by atoms with Gasteiger partial charge < -0.3 is 9.84 Å². The number of carbonyl (C=O) groups excluding carboxylic acids is 2. The summed E-state index contributed by atoms with van der Waals surface area (Å²) in [5.41, 5.74) is -0.926. The minimum atomic E-state index is -1.76. The zero-order chi connectivity index (χ0) is 19.3. The average molecular weight is 422 g/mol. The Balaban J connectivity index is 2.53. The number of hydrogen-bond donors (Lipinski definition) is 2. The SMILES string of the molecule is CCOc1cccc(C(O)(CC(=O)C(=O)N(C)O)c2cccc(Br)c2)c1. The lowest BCUT2D eigenvalue weighted by molar-refractivity contribution is -0.166. The summed E-state index contributed by atoms with van der Waals surface area (Å²) in [7, 11) is 1.06. The van der Waals surface area contributed by atoms with Crippen LogP contribution in [0.4, 0.5) is 0 Å². The number of halogens is 1. The number of hydroxylamine groups is 2. The third-order valence-electron chi connectivity index (χ3n) is 3.87. The summed E-state index contributed by atoms with van der Waals surface area (Å²) in [6, 6.07) is 13.6. The van der Waals surface area contributed by atoms with Gasteiger partial charge in [-0.15, -0.1) is 0 Å². The maximum atomic E-state index is 12.3. The van der Waals surface area contributed by atoms with E-state index >= 15 is 0 Å². The topological polar surface area (TPSA) is 87.1 Å². The molecule has 2 N–H and O–H groups in total. The Labute approximate surface area is 160 Å². The molecule has 1 atom stereocenters. The minimum absolute atomic E-state index is 0.209. The van der Waals surface area contributed by atoms with Crippen LogP contribution in [0.3, 0.4) is 0 Å². The molecule has 0 heterocycles. The fourth-order valence-corrected chi connectivity index (χ4v) is 3.01. The van der Waals surface area contributed by atoms with E-state index in [1.54, 1.807) is 48.5 Å². The highest BCUT2D eigenvalue weighted by Gasteiger charge is 2.37. The van der Waals surface area contributed by atoms with Gasteiger partial charge >= 0.3 is 5.91 Å². The molecule has 1 amide bonds. The Kier molecular flexibility index (Phi) is 6.52. The van der Waals surface area contributed by atoms with E-state index in [1.807, 2.05) is 6.92 Å². The second-order valence-electron chi connectivity index (χ2n) is 5.76. The lowest BCUT2D eigenvalue weighted by atomic mass is 9.82. The highest BCUT2D eigenvalue weighted by Crippen LogP contribution is 2.36. The van der Waals surface area contributed by atoms with Crippen LogP contribution in [-0.2, 0) is 15.2 Å². The van der Waals surface area contributed by atoms with E-state index in [-0.39, 0.29) is 5.06 Å². The number of nitrogens with zero attached hydrogens (tertiary/aromatic N) is 1. The molecule has 0 aliphatic rings. The largest absolute Gasteiger partial charge is 0.494 e. The van der Waals surface area contributed by atoms with E-state index < -0.39 is 23.7 Å². The molecule has 0 aromatic heterocycles. The third kappa shape index (κ3) is 4.49. The van der Waals surface area contributed by atoms with E-state index in [0.29, 0.717) is 28.0 Å². The highest BCUT2D eigenvalue weighted by molar-refractivity contribution is 9.10. The van der Waals surface area contributed by atoms with Gasteiger partial charge in [0.1, 0.15) is 11.4 Å². The minimum Gasteiger partial charge on any atom is -0.494 e. The van der Waals surface area contributed by atoms with Crippen LogP contribution in [0.15, 0.2) is 53.0 Å². The molecular formula is C19H20BrNO5. The first-order valence-electron chi connectivity index (χ1n) is 7.99. The first kappa shape index (κ1) is 20.1. The molecule has 0 bridgehead atoms. The van der Waals surface area contributed by atoms with E-state index in [2.05, 4.69) is 15.9 Å². The Morgan fingerprint density at radius 1 is 1.15 bits per heavy atom. The number of amides is 1. The van der Waals surface area contributed by atoms with Crippen molar-refractivity contribution in [1.29, 1.82) is 0 Å². The van der Waals surface area contributed by atoms with Gasteiger partial charge in [-0.05, 0) is 42.3 Å². The number of Topliss-reactive ketones (excluding diaryl/α,β-unsaturated/α-hetero) is 1. The second kappa shape index (κ2) is 8.44. The molecule has 2 aromatic rings. The molecule has 2 rings (SSSR count). The van der Waals surface area contributed by atoms with Crippen molar-refractivity contribution in [1.82, 2.24) is 5.06 Å². The Bertz CT molecular complexity index is 808. The molecule has 0 aliphatic carbocycles. The number of aliphatic hydroxyl groups is 1. The second-order valence-corrected chi connectivity index (χ2v) is 6.68. The molecule has 2 aromatic carbocycles. The number of rotatable bonds is 7. The standard InChI is InChI=1S/C19H20BrNO5/c1-3-26-16-9-5-7-14(11-16)19(24,12-17(22)18(23)21(2)25)13-6-4-8-15(20)10-13/h4-11,24-25H,3,12H2,1-2H3. The molecule has 6 nitrogen and oxygen atoms in total. The van der Waals surface area contributed by atoms with Crippen molar-refractivity contribution in [2.45, 2.75) is 18.9 Å². The Morgan fingerprint density at radius 2 is 1.77 bits per heavy atom. The van der Waals surface area contributed by atoms with E-state index in [9.17, 15) is 19.9 Å². The normalized spacial score (nSPS) is 13.0. The van der Waals surface area contributed by atoms with Crippen molar-refractivity contribution in [2.24, 2.45) is 0 Å². The fourth-order valence-electron chi connectivity index (χ4n) is 2.61. The molecule has 0 spiro atoms. The summed E-state index contributed by atoms with van der Waals surface area (Å²) >= 11 is 3.35. The van der Waals surface area contributed by atoms with Crippen molar-refractivity contribution in [3.63, 3.8) is 0 Å². The van der Waals surface area contributed by atoms with Crippen molar-refractivity contribution in [2.75, 3.05) is 13.7 Å². The van der Waals surface area contributed by atoms with Gasteiger partial charge in [-0.1, -0.05) is 40.2 Å². The zero-order valence-electron chi connectivity index (χ0n) is 14.5. The average Bonchev–Trinajstić information content (AvgIpc) is 2.61. The van der Waals surface area contributed by atoms with E-state index in [1.165, 1.54) is 0 Å². The number of hydrogen-bond acceptors (Lipinski definition) is 5. The summed E-state index contributed by atoms with van der Waals surface area (Å²) in [5, 5.41) is 20.9. The molecule has 0 radical (unpaired) electrons. The lowest BCUT2D eigenvalue weighted by Gasteiger charge is -2.29. The van der Waals surface area contributed by atoms with Gasteiger partial charge in [-0.2, -0.15) is 0 Å². The van der Waals surface area contributed by atoms with E-state index in [0.717, 1.165) is 7.05 Å². The summed E-state index contributed by atoms with van der Waals surface area (Å²) in [4.78, 5) is 24.1. The van der Waals surface area contributed by atoms with Crippen molar-refractivity contribution in [3.05, 3.63) is 64.1 Å². The number of benzene rings is 2. The number of ketones is 1. The molecule has 26 heavy (non-hydrogen) atoms. The molecule has 138 valence electrons. The third-order valence-corrected chi connectivity index (χ3v) is 4.37. The predicted octanol–water partition coefficient (Wildman–Crippen LogP) is 2.89. The fraction of sp³-hybridized carbons (Fsp3) is 0.263. The monoisotopic (exact) mass is 421 g/mol. The maximum Gasteiger partial charge on any atom is 0.313 e. The Hall–Kier alpha value is -2.22. The van der Waals surface area contributed by atoms with Gasteiger partial charge in [0, 0.05) is 11.5 Å². The lowest BCUT2D eigenvalue weighted by Crippen LogP contribution is -2.37. The van der Waals surface area contributed by atoms with Gasteiger partial charge in [0.05, 0.1) is 13.0 Å². The molecular weight excluding hydrogens is 402 g/mol. The first-order valence-corrected chi connectivity index (χ1v) is 8.78. The molecule has 0 saturated carbocycles.